The molecule has 8 nitrogen and oxygen atoms in total. The maximum atomic E-state index is 4.16. The molecule has 0 unspecified atom stereocenters. The van der Waals surface area contributed by atoms with Gasteiger partial charge in [-0.2, -0.15) is 29.2 Å². The quantitative estimate of drug-likeness (QED) is 0.417. The van der Waals surface area contributed by atoms with Crippen LogP contribution in [0.4, 0.5) is 0 Å². The van der Waals surface area contributed by atoms with Crippen molar-refractivity contribution >= 4 is 11.6 Å². The van der Waals surface area contributed by atoms with Crippen molar-refractivity contribution in [3.05, 3.63) is 96.8 Å². The first-order chi connectivity index (χ1) is 15.7. The van der Waals surface area contributed by atoms with E-state index in [0.717, 1.165) is 22.5 Å². The number of rotatable bonds is 2. The third-order valence-electron chi connectivity index (χ3n) is 5.06. The topological polar surface area (TPSA) is 86.2 Å². The first kappa shape index (κ1) is 19.5. The van der Waals surface area contributed by atoms with Gasteiger partial charge in [-0.05, 0) is 26.0 Å². The van der Waals surface area contributed by atoms with E-state index in [9.17, 15) is 0 Å². The molecule has 0 fully saturated rings. The van der Waals surface area contributed by atoms with Crippen molar-refractivity contribution in [1.29, 1.82) is 0 Å². The fourth-order valence-corrected chi connectivity index (χ4v) is 3.36. The monoisotopic (exact) mass is 420 g/mol. The molecule has 156 valence electrons. The SMILES string of the molecule is Cc1ccc(-c2ccnc3ncnn23)cc1.Cc1ccc(-c2ccnc3ncnn23)cc1. The summed E-state index contributed by atoms with van der Waals surface area (Å²) < 4.78 is 3.48. The Morgan fingerprint density at radius 1 is 0.500 bits per heavy atom. The number of hydrogen-bond donors (Lipinski definition) is 0. The molecule has 0 spiro atoms. The van der Waals surface area contributed by atoms with Gasteiger partial charge in [0.05, 0.1) is 11.4 Å². The van der Waals surface area contributed by atoms with Gasteiger partial charge < -0.3 is 0 Å². The van der Waals surface area contributed by atoms with Crippen LogP contribution >= 0.6 is 0 Å². The normalized spacial score (nSPS) is 10.8. The van der Waals surface area contributed by atoms with Crippen molar-refractivity contribution < 1.29 is 0 Å². The summed E-state index contributed by atoms with van der Waals surface area (Å²) in [5, 5.41) is 8.32. The molecule has 0 radical (unpaired) electrons. The number of aromatic nitrogens is 8. The van der Waals surface area contributed by atoms with E-state index < -0.39 is 0 Å². The van der Waals surface area contributed by atoms with Gasteiger partial charge >= 0.3 is 0 Å². The number of benzene rings is 2. The molecule has 6 aromatic rings. The molecule has 0 bridgehead atoms. The minimum atomic E-state index is 0.623. The van der Waals surface area contributed by atoms with Crippen molar-refractivity contribution in [2.24, 2.45) is 0 Å². The highest BCUT2D eigenvalue weighted by Crippen LogP contribution is 2.19. The van der Waals surface area contributed by atoms with E-state index in [1.54, 1.807) is 21.4 Å². The summed E-state index contributed by atoms with van der Waals surface area (Å²) in [5.74, 6) is 1.25. The fraction of sp³-hybridized carbons (Fsp3) is 0.0833. The maximum absolute atomic E-state index is 4.16. The summed E-state index contributed by atoms with van der Waals surface area (Å²) in [6.07, 6.45) is 6.53. The van der Waals surface area contributed by atoms with Crippen LogP contribution in [0.3, 0.4) is 0 Å². The Morgan fingerprint density at radius 3 is 1.31 bits per heavy atom. The van der Waals surface area contributed by atoms with Crippen molar-refractivity contribution in [3.8, 4) is 22.5 Å². The van der Waals surface area contributed by atoms with Gasteiger partial charge in [-0.3, -0.25) is 0 Å². The molecular weight excluding hydrogens is 400 g/mol. The molecule has 4 heterocycles. The Balaban J connectivity index is 0.000000135. The first-order valence-corrected chi connectivity index (χ1v) is 10.1. The second-order valence-corrected chi connectivity index (χ2v) is 7.34. The number of hydrogen-bond acceptors (Lipinski definition) is 6. The van der Waals surface area contributed by atoms with E-state index >= 15 is 0 Å². The lowest BCUT2D eigenvalue weighted by Crippen LogP contribution is -1.95. The molecule has 0 aliphatic rings. The van der Waals surface area contributed by atoms with E-state index in [0.29, 0.717) is 11.6 Å². The van der Waals surface area contributed by atoms with Gasteiger partial charge in [0.15, 0.2) is 0 Å². The summed E-state index contributed by atoms with van der Waals surface area (Å²) in [6.45, 7) is 4.14. The Labute approximate surface area is 184 Å². The van der Waals surface area contributed by atoms with E-state index in [4.69, 9.17) is 0 Å². The highest BCUT2D eigenvalue weighted by molar-refractivity contribution is 5.62. The molecule has 0 aliphatic carbocycles. The lowest BCUT2D eigenvalue weighted by Gasteiger charge is -2.03. The second kappa shape index (κ2) is 8.35. The average molecular weight is 420 g/mol. The minimum absolute atomic E-state index is 0.623. The van der Waals surface area contributed by atoms with Crippen LogP contribution in [0, 0.1) is 13.8 Å². The van der Waals surface area contributed by atoms with Crippen LogP contribution in [0.1, 0.15) is 11.1 Å². The Kier molecular flexibility index (Phi) is 5.09. The molecule has 32 heavy (non-hydrogen) atoms. The van der Waals surface area contributed by atoms with Gasteiger partial charge in [-0.15, -0.1) is 0 Å². The van der Waals surface area contributed by atoms with Gasteiger partial charge in [-0.25, -0.2) is 9.97 Å². The maximum Gasteiger partial charge on any atom is 0.252 e. The summed E-state index contributed by atoms with van der Waals surface area (Å²) in [5.41, 5.74) is 6.72. The molecule has 8 heteroatoms. The largest absolute Gasteiger partial charge is 0.252 e. The lowest BCUT2D eigenvalue weighted by molar-refractivity contribution is 0.947. The van der Waals surface area contributed by atoms with Gasteiger partial charge in [0.25, 0.3) is 11.6 Å². The molecule has 6 rings (SSSR count). The zero-order valence-electron chi connectivity index (χ0n) is 17.7. The van der Waals surface area contributed by atoms with Gasteiger partial charge in [0.1, 0.15) is 12.7 Å². The number of nitrogens with zero attached hydrogens (tertiary/aromatic N) is 8. The van der Waals surface area contributed by atoms with E-state index in [1.165, 1.54) is 23.8 Å². The zero-order chi connectivity index (χ0) is 21.9. The second-order valence-electron chi connectivity index (χ2n) is 7.34. The molecule has 4 aromatic heterocycles. The molecule has 0 N–H and O–H groups in total. The van der Waals surface area contributed by atoms with Crippen molar-refractivity contribution in [2.45, 2.75) is 13.8 Å². The predicted molar refractivity (Wildman–Crippen MR) is 122 cm³/mol. The van der Waals surface area contributed by atoms with E-state index in [-0.39, 0.29) is 0 Å². The minimum Gasteiger partial charge on any atom is -0.220 e. The molecule has 0 amide bonds. The van der Waals surface area contributed by atoms with Crippen molar-refractivity contribution in [3.63, 3.8) is 0 Å². The lowest BCUT2D eigenvalue weighted by atomic mass is 10.1. The standard InChI is InChI=1S/2C12H10N4/c2*1-9-2-4-10(5-3-9)11-6-7-13-12-14-8-15-16(11)12/h2*2-8H,1H3. The summed E-state index contributed by atoms with van der Waals surface area (Å²) >= 11 is 0. The first-order valence-electron chi connectivity index (χ1n) is 10.1. The van der Waals surface area contributed by atoms with E-state index in [1.807, 2.05) is 12.1 Å². The summed E-state index contributed by atoms with van der Waals surface area (Å²) in [6, 6.07) is 20.5. The highest BCUT2D eigenvalue weighted by atomic mass is 15.3. The van der Waals surface area contributed by atoms with Crippen LogP contribution < -0.4 is 0 Å². The molecule has 0 saturated carbocycles. The highest BCUT2D eigenvalue weighted by Gasteiger charge is 2.05. The van der Waals surface area contributed by atoms with Crippen molar-refractivity contribution in [2.75, 3.05) is 0 Å². The summed E-state index contributed by atoms with van der Waals surface area (Å²) in [7, 11) is 0. The molecule has 0 atom stereocenters. The molecular formula is C24H20N8. The van der Waals surface area contributed by atoms with Gasteiger partial charge in [0, 0.05) is 23.5 Å². The third kappa shape index (κ3) is 3.81. The fourth-order valence-electron chi connectivity index (χ4n) is 3.36. The van der Waals surface area contributed by atoms with Crippen molar-refractivity contribution in [1.82, 2.24) is 39.2 Å². The molecule has 2 aromatic carbocycles. The number of fused-ring (bicyclic) bond motifs is 2. The predicted octanol–water partition coefficient (Wildman–Crippen LogP) is 4.20. The van der Waals surface area contributed by atoms with E-state index in [2.05, 4.69) is 92.5 Å². The smallest absolute Gasteiger partial charge is 0.220 e. The van der Waals surface area contributed by atoms with Crippen LogP contribution in [-0.4, -0.2) is 39.2 Å². The molecule has 0 aliphatic heterocycles. The van der Waals surface area contributed by atoms with Gasteiger partial charge in [-0.1, -0.05) is 59.7 Å². The third-order valence-corrected chi connectivity index (χ3v) is 5.06. The Bertz CT molecular complexity index is 1370. The Hall–Kier alpha value is -4.46. The zero-order valence-corrected chi connectivity index (χ0v) is 17.7. The van der Waals surface area contributed by atoms with Crippen LogP contribution in [0.25, 0.3) is 34.1 Å². The van der Waals surface area contributed by atoms with Gasteiger partial charge in [0.2, 0.25) is 0 Å². The summed E-state index contributed by atoms with van der Waals surface area (Å²) in [4.78, 5) is 16.4. The number of aryl methyl sites for hydroxylation is 2. The van der Waals surface area contributed by atoms with Crippen LogP contribution in [-0.2, 0) is 0 Å². The molecule has 0 saturated heterocycles. The van der Waals surface area contributed by atoms with Crippen LogP contribution in [0.2, 0.25) is 0 Å². The van der Waals surface area contributed by atoms with Crippen LogP contribution in [0.15, 0.2) is 85.7 Å². The van der Waals surface area contributed by atoms with Crippen LogP contribution in [0.5, 0.6) is 0 Å². The average Bonchev–Trinajstić information content (AvgIpc) is 3.50. The Morgan fingerprint density at radius 2 is 0.906 bits per heavy atom.